The molecule has 5 nitrogen and oxygen atoms in total. The number of carbonyl (C=O) groups is 1. The van der Waals surface area contributed by atoms with Gasteiger partial charge in [0.2, 0.25) is 5.91 Å². The smallest absolute Gasteiger partial charge is 0.219 e. The van der Waals surface area contributed by atoms with Crippen LogP contribution in [0.15, 0.2) is 5.11 Å². The summed E-state index contributed by atoms with van der Waals surface area (Å²) in [5.74, 6) is 0.0658. The van der Waals surface area contributed by atoms with E-state index in [2.05, 4.69) is 22.3 Å². The quantitative estimate of drug-likeness (QED) is 0.229. The number of unbranched alkanes of at least 4 members (excludes halogenated alkanes) is 8. The van der Waals surface area contributed by atoms with Crippen LogP contribution in [0.3, 0.4) is 0 Å². The molecule has 0 aliphatic carbocycles. The first-order chi connectivity index (χ1) is 9.31. The average Bonchev–Trinajstić information content (AvgIpc) is 2.42. The molecule has 1 amide bonds. The summed E-state index contributed by atoms with van der Waals surface area (Å²) in [5.41, 5.74) is 8.07. The van der Waals surface area contributed by atoms with Gasteiger partial charge in [-0.3, -0.25) is 4.79 Å². The lowest BCUT2D eigenvalue weighted by Gasteiger charge is -2.03. The molecule has 110 valence electrons. The summed E-state index contributed by atoms with van der Waals surface area (Å²) < 4.78 is 0. The third-order valence-electron chi connectivity index (χ3n) is 3.10. The highest BCUT2D eigenvalue weighted by Gasteiger charge is 1.99. The Morgan fingerprint density at radius 3 is 2.21 bits per heavy atom. The molecule has 0 aliphatic rings. The molecule has 5 heteroatoms. The summed E-state index contributed by atoms with van der Waals surface area (Å²) in [6.07, 6.45) is 11.9. The van der Waals surface area contributed by atoms with E-state index in [1.165, 1.54) is 44.9 Å². The first-order valence-electron chi connectivity index (χ1n) is 7.58. The lowest BCUT2D eigenvalue weighted by Crippen LogP contribution is -2.25. The van der Waals surface area contributed by atoms with Gasteiger partial charge in [-0.2, -0.15) is 0 Å². The predicted molar refractivity (Wildman–Crippen MR) is 78.9 cm³/mol. The average molecular weight is 268 g/mol. The fourth-order valence-electron chi connectivity index (χ4n) is 1.97. The van der Waals surface area contributed by atoms with Crippen molar-refractivity contribution in [3.05, 3.63) is 10.4 Å². The normalized spacial score (nSPS) is 9.95. The van der Waals surface area contributed by atoms with Crippen molar-refractivity contribution in [2.75, 3.05) is 13.1 Å². The van der Waals surface area contributed by atoms with Crippen molar-refractivity contribution in [3.63, 3.8) is 0 Å². The van der Waals surface area contributed by atoms with Crippen LogP contribution in [0, 0.1) is 0 Å². The van der Waals surface area contributed by atoms with E-state index in [9.17, 15) is 4.79 Å². The monoisotopic (exact) mass is 268 g/mol. The van der Waals surface area contributed by atoms with Crippen LogP contribution in [0.4, 0.5) is 0 Å². The molecule has 19 heavy (non-hydrogen) atoms. The van der Waals surface area contributed by atoms with Gasteiger partial charge in [-0.05, 0) is 12.0 Å². The van der Waals surface area contributed by atoms with Gasteiger partial charge in [0.25, 0.3) is 0 Å². The highest BCUT2D eigenvalue weighted by molar-refractivity contribution is 5.75. The third-order valence-corrected chi connectivity index (χ3v) is 3.10. The van der Waals surface area contributed by atoms with Crippen LogP contribution in [0.5, 0.6) is 0 Å². The molecule has 0 aromatic heterocycles. The number of azide groups is 1. The molecule has 0 rings (SSSR count). The van der Waals surface area contributed by atoms with Crippen LogP contribution in [-0.4, -0.2) is 19.0 Å². The number of rotatable bonds is 13. The van der Waals surface area contributed by atoms with Gasteiger partial charge in [0.1, 0.15) is 0 Å². The Labute approximate surface area is 116 Å². The SMILES string of the molecule is CCCCCCCCCCCC(=O)NCCN=[N+]=[N-]. The van der Waals surface area contributed by atoms with Crippen LogP contribution < -0.4 is 5.32 Å². The van der Waals surface area contributed by atoms with Gasteiger partial charge in [0.15, 0.2) is 0 Å². The van der Waals surface area contributed by atoms with Gasteiger partial charge >= 0.3 is 0 Å². The second-order valence-corrected chi connectivity index (χ2v) is 4.88. The Kier molecular flexibility index (Phi) is 13.9. The van der Waals surface area contributed by atoms with E-state index >= 15 is 0 Å². The van der Waals surface area contributed by atoms with Crippen molar-refractivity contribution in [1.82, 2.24) is 5.32 Å². The summed E-state index contributed by atoms with van der Waals surface area (Å²) in [6, 6.07) is 0. The van der Waals surface area contributed by atoms with Gasteiger partial charge in [-0.15, -0.1) is 0 Å². The predicted octanol–water partition coefficient (Wildman–Crippen LogP) is 4.33. The number of amides is 1. The van der Waals surface area contributed by atoms with Crippen LogP contribution >= 0.6 is 0 Å². The summed E-state index contributed by atoms with van der Waals surface area (Å²) in [7, 11) is 0. The summed E-state index contributed by atoms with van der Waals surface area (Å²) in [4.78, 5) is 14.0. The molecule has 0 heterocycles. The molecule has 0 radical (unpaired) electrons. The standard InChI is InChI=1S/C14H28N4O/c1-2-3-4-5-6-7-8-9-10-11-14(19)16-12-13-17-18-15/h2-13H2,1H3,(H,16,19). The first-order valence-corrected chi connectivity index (χ1v) is 7.58. The van der Waals surface area contributed by atoms with Crippen LogP contribution in [0.25, 0.3) is 10.4 Å². The van der Waals surface area contributed by atoms with Gasteiger partial charge in [0.05, 0.1) is 0 Å². The fraction of sp³-hybridized carbons (Fsp3) is 0.929. The molecular formula is C14H28N4O. The van der Waals surface area contributed by atoms with Crippen molar-refractivity contribution in [1.29, 1.82) is 0 Å². The van der Waals surface area contributed by atoms with Crippen molar-refractivity contribution in [3.8, 4) is 0 Å². The maximum Gasteiger partial charge on any atom is 0.219 e. The Morgan fingerprint density at radius 2 is 1.63 bits per heavy atom. The van der Waals surface area contributed by atoms with E-state index in [-0.39, 0.29) is 5.91 Å². The Morgan fingerprint density at radius 1 is 1.05 bits per heavy atom. The topological polar surface area (TPSA) is 77.9 Å². The molecule has 0 spiro atoms. The van der Waals surface area contributed by atoms with Crippen molar-refractivity contribution in [2.45, 2.75) is 71.1 Å². The Bertz CT molecular complexity index is 262. The molecule has 0 unspecified atom stereocenters. The number of carbonyl (C=O) groups excluding carboxylic acids is 1. The molecular weight excluding hydrogens is 240 g/mol. The van der Waals surface area contributed by atoms with E-state index in [1.54, 1.807) is 0 Å². The molecule has 0 saturated heterocycles. The molecule has 0 fully saturated rings. The largest absolute Gasteiger partial charge is 0.356 e. The van der Waals surface area contributed by atoms with Crippen molar-refractivity contribution < 1.29 is 4.79 Å². The minimum Gasteiger partial charge on any atom is -0.356 e. The summed E-state index contributed by atoms with van der Waals surface area (Å²) in [6.45, 7) is 3.01. The maximum atomic E-state index is 11.4. The second-order valence-electron chi connectivity index (χ2n) is 4.88. The Hall–Kier alpha value is -1.22. The molecule has 0 aliphatic heterocycles. The zero-order chi connectivity index (χ0) is 14.2. The molecule has 0 atom stereocenters. The first kappa shape index (κ1) is 17.8. The van der Waals surface area contributed by atoms with E-state index in [0.29, 0.717) is 19.5 Å². The number of hydrogen-bond donors (Lipinski definition) is 1. The molecule has 0 aromatic rings. The molecule has 0 bridgehead atoms. The van der Waals surface area contributed by atoms with E-state index in [4.69, 9.17) is 5.53 Å². The minimum atomic E-state index is 0.0658. The number of hydrogen-bond acceptors (Lipinski definition) is 2. The van der Waals surface area contributed by atoms with Gasteiger partial charge in [-0.1, -0.05) is 63.4 Å². The van der Waals surface area contributed by atoms with E-state index < -0.39 is 0 Å². The third kappa shape index (κ3) is 14.7. The summed E-state index contributed by atoms with van der Waals surface area (Å²) >= 11 is 0. The van der Waals surface area contributed by atoms with E-state index in [0.717, 1.165) is 12.8 Å². The van der Waals surface area contributed by atoms with E-state index in [1.807, 2.05) is 0 Å². The fourth-order valence-corrected chi connectivity index (χ4v) is 1.97. The van der Waals surface area contributed by atoms with Gasteiger partial charge in [-0.25, -0.2) is 0 Å². The van der Waals surface area contributed by atoms with Crippen LogP contribution in [0.2, 0.25) is 0 Å². The minimum absolute atomic E-state index is 0.0658. The second kappa shape index (κ2) is 14.8. The number of nitrogens with zero attached hydrogens (tertiary/aromatic N) is 3. The summed E-state index contributed by atoms with van der Waals surface area (Å²) in [5, 5.41) is 6.10. The zero-order valence-corrected chi connectivity index (χ0v) is 12.2. The van der Waals surface area contributed by atoms with Crippen molar-refractivity contribution in [2.24, 2.45) is 5.11 Å². The Balaban J connectivity index is 3.16. The maximum absolute atomic E-state index is 11.4. The van der Waals surface area contributed by atoms with Crippen LogP contribution in [0.1, 0.15) is 71.1 Å². The highest BCUT2D eigenvalue weighted by atomic mass is 16.1. The lowest BCUT2D eigenvalue weighted by atomic mass is 10.1. The molecule has 1 N–H and O–H groups in total. The number of nitrogens with one attached hydrogen (secondary N) is 1. The zero-order valence-electron chi connectivity index (χ0n) is 12.2. The van der Waals surface area contributed by atoms with Crippen LogP contribution in [-0.2, 0) is 4.79 Å². The molecule has 0 aromatic carbocycles. The van der Waals surface area contributed by atoms with Gasteiger partial charge in [0, 0.05) is 24.4 Å². The highest BCUT2D eigenvalue weighted by Crippen LogP contribution is 2.10. The lowest BCUT2D eigenvalue weighted by molar-refractivity contribution is -0.121. The molecule has 0 saturated carbocycles. The van der Waals surface area contributed by atoms with Gasteiger partial charge < -0.3 is 5.32 Å². The van der Waals surface area contributed by atoms with Crippen molar-refractivity contribution >= 4 is 5.91 Å².